The molecule has 0 saturated carbocycles. The van der Waals surface area contributed by atoms with E-state index in [-0.39, 0.29) is 12.2 Å². The van der Waals surface area contributed by atoms with Crippen LogP contribution in [-0.2, 0) is 22.4 Å². The first kappa shape index (κ1) is 19.5. The van der Waals surface area contributed by atoms with Gasteiger partial charge in [-0.15, -0.1) is 0 Å². The summed E-state index contributed by atoms with van der Waals surface area (Å²) in [5, 5.41) is 8.78. The number of ether oxygens (including phenoxy) is 1. The SMILES string of the molecule is Cc1cc(CCC(=O)O)ccc1OCC1=C(c2ccc(F)cc2)C[S+]([O-])C1. The lowest BCUT2D eigenvalue weighted by atomic mass is 10.0. The van der Waals surface area contributed by atoms with Crippen LogP contribution < -0.4 is 4.74 Å². The third-order valence-electron chi connectivity index (χ3n) is 4.53. The molecular weight excluding hydrogens is 367 g/mol. The van der Waals surface area contributed by atoms with E-state index in [2.05, 4.69) is 0 Å². The second-order valence-corrected chi connectivity index (χ2v) is 8.06. The molecule has 6 heteroatoms. The van der Waals surface area contributed by atoms with Crippen molar-refractivity contribution in [2.45, 2.75) is 19.8 Å². The van der Waals surface area contributed by atoms with Gasteiger partial charge in [0.25, 0.3) is 0 Å². The molecule has 1 heterocycles. The lowest BCUT2D eigenvalue weighted by molar-refractivity contribution is -0.136. The van der Waals surface area contributed by atoms with Gasteiger partial charge in [0.15, 0.2) is 0 Å². The Labute approximate surface area is 160 Å². The third kappa shape index (κ3) is 5.11. The molecule has 0 aromatic heterocycles. The van der Waals surface area contributed by atoms with Crippen molar-refractivity contribution in [1.29, 1.82) is 0 Å². The number of aliphatic carboxylic acids is 1. The molecule has 1 atom stereocenters. The lowest BCUT2D eigenvalue weighted by Crippen LogP contribution is -2.08. The predicted molar refractivity (Wildman–Crippen MR) is 104 cm³/mol. The molecule has 27 heavy (non-hydrogen) atoms. The Morgan fingerprint density at radius 2 is 1.96 bits per heavy atom. The van der Waals surface area contributed by atoms with Crippen LogP contribution in [0.25, 0.3) is 5.57 Å². The molecular formula is C21H21FO4S. The number of carboxylic acids is 1. The number of benzene rings is 2. The monoisotopic (exact) mass is 388 g/mol. The van der Waals surface area contributed by atoms with Gasteiger partial charge < -0.3 is 14.4 Å². The van der Waals surface area contributed by atoms with E-state index in [1.165, 1.54) is 12.1 Å². The highest BCUT2D eigenvalue weighted by Crippen LogP contribution is 2.30. The van der Waals surface area contributed by atoms with E-state index in [0.717, 1.165) is 33.6 Å². The molecule has 2 aromatic carbocycles. The van der Waals surface area contributed by atoms with Crippen LogP contribution in [-0.4, -0.2) is 33.7 Å². The van der Waals surface area contributed by atoms with Gasteiger partial charge in [0, 0.05) is 17.6 Å². The van der Waals surface area contributed by atoms with Crippen molar-refractivity contribution in [3.63, 3.8) is 0 Å². The van der Waals surface area contributed by atoms with Gasteiger partial charge in [0.1, 0.15) is 29.7 Å². The Morgan fingerprint density at radius 1 is 1.22 bits per heavy atom. The van der Waals surface area contributed by atoms with Crippen LogP contribution in [0.3, 0.4) is 0 Å². The molecule has 1 aliphatic rings. The molecule has 1 N–H and O–H groups in total. The van der Waals surface area contributed by atoms with Crippen molar-refractivity contribution in [3.8, 4) is 5.75 Å². The summed E-state index contributed by atoms with van der Waals surface area (Å²) in [6.07, 6.45) is 0.578. The molecule has 0 radical (unpaired) electrons. The Hall–Kier alpha value is -2.31. The summed E-state index contributed by atoms with van der Waals surface area (Å²) in [7, 11) is 0. The van der Waals surface area contributed by atoms with Crippen LogP contribution in [0.4, 0.5) is 4.39 Å². The molecule has 0 bridgehead atoms. The highest BCUT2D eigenvalue weighted by atomic mass is 32.2. The van der Waals surface area contributed by atoms with E-state index >= 15 is 0 Å². The predicted octanol–water partition coefficient (Wildman–Crippen LogP) is 3.75. The Kier molecular flexibility index (Phi) is 6.19. The molecule has 1 aliphatic heterocycles. The summed E-state index contributed by atoms with van der Waals surface area (Å²) >= 11 is -0.966. The first-order chi connectivity index (χ1) is 12.9. The number of hydrogen-bond acceptors (Lipinski definition) is 3. The lowest BCUT2D eigenvalue weighted by Gasteiger charge is -2.12. The van der Waals surface area contributed by atoms with Gasteiger partial charge in [-0.2, -0.15) is 0 Å². The Bertz CT molecular complexity index is 861. The molecule has 0 fully saturated rings. The molecule has 0 aliphatic carbocycles. The summed E-state index contributed by atoms with van der Waals surface area (Å²) in [6, 6.07) is 11.9. The van der Waals surface area contributed by atoms with Crippen LogP contribution in [0.15, 0.2) is 48.0 Å². The minimum Gasteiger partial charge on any atom is -0.616 e. The normalized spacial score (nSPS) is 16.6. The molecule has 1 unspecified atom stereocenters. The maximum absolute atomic E-state index is 13.2. The van der Waals surface area contributed by atoms with E-state index in [1.807, 2.05) is 25.1 Å². The fraction of sp³-hybridized carbons (Fsp3) is 0.286. The average Bonchev–Trinajstić information content (AvgIpc) is 3.00. The summed E-state index contributed by atoms with van der Waals surface area (Å²) in [6.45, 7) is 2.25. The Balaban J connectivity index is 1.71. The second kappa shape index (κ2) is 8.59. The van der Waals surface area contributed by atoms with Gasteiger partial charge in [-0.25, -0.2) is 4.39 Å². The minimum atomic E-state index is -0.966. The van der Waals surface area contributed by atoms with Crippen LogP contribution in [0.2, 0.25) is 0 Å². The zero-order valence-electron chi connectivity index (χ0n) is 15.0. The smallest absolute Gasteiger partial charge is 0.303 e. The van der Waals surface area contributed by atoms with Crippen molar-refractivity contribution < 1.29 is 23.6 Å². The van der Waals surface area contributed by atoms with Crippen LogP contribution in [0.1, 0.15) is 23.1 Å². The molecule has 142 valence electrons. The molecule has 0 amide bonds. The molecule has 2 aromatic rings. The highest BCUT2D eigenvalue weighted by molar-refractivity contribution is 7.92. The van der Waals surface area contributed by atoms with Crippen molar-refractivity contribution in [3.05, 3.63) is 70.5 Å². The van der Waals surface area contributed by atoms with Crippen molar-refractivity contribution in [2.75, 3.05) is 18.1 Å². The van der Waals surface area contributed by atoms with Gasteiger partial charge in [0.2, 0.25) is 0 Å². The highest BCUT2D eigenvalue weighted by Gasteiger charge is 2.27. The number of carboxylic acid groups (broad SMARTS) is 1. The summed E-state index contributed by atoms with van der Waals surface area (Å²) in [4.78, 5) is 10.7. The summed E-state index contributed by atoms with van der Waals surface area (Å²) < 4.78 is 31.1. The topological polar surface area (TPSA) is 69.6 Å². The van der Waals surface area contributed by atoms with Gasteiger partial charge in [-0.3, -0.25) is 4.79 Å². The first-order valence-corrected chi connectivity index (χ1v) is 10.2. The van der Waals surface area contributed by atoms with Crippen LogP contribution >= 0.6 is 0 Å². The molecule has 0 saturated heterocycles. The van der Waals surface area contributed by atoms with Gasteiger partial charge in [-0.1, -0.05) is 24.3 Å². The van der Waals surface area contributed by atoms with E-state index < -0.39 is 17.1 Å². The zero-order valence-corrected chi connectivity index (χ0v) is 15.9. The number of carbonyl (C=O) groups is 1. The number of halogens is 1. The fourth-order valence-corrected chi connectivity index (χ4v) is 4.55. The van der Waals surface area contributed by atoms with E-state index in [0.29, 0.717) is 24.5 Å². The average molecular weight is 388 g/mol. The van der Waals surface area contributed by atoms with Crippen molar-refractivity contribution >= 4 is 22.7 Å². The van der Waals surface area contributed by atoms with Crippen molar-refractivity contribution in [1.82, 2.24) is 0 Å². The van der Waals surface area contributed by atoms with Gasteiger partial charge in [-0.05, 0) is 59.4 Å². The van der Waals surface area contributed by atoms with Crippen LogP contribution in [0.5, 0.6) is 5.75 Å². The molecule has 3 rings (SSSR count). The van der Waals surface area contributed by atoms with E-state index in [9.17, 15) is 13.7 Å². The van der Waals surface area contributed by atoms with Crippen LogP contribution in [0, 0.1) is 12.7 Å². The largest absolute Gasteiger partial charge is 0.616 e. The van der Waals surface area contributed by atoms with E-state index in [1.54, 1.807) is 12.1 Å². The van der Waals surface area contributed by atoms with Gasteiger partial charge in [0.05, 0.1) is 0 Å². The number of aryl methyl sites for hydroxylation is 2. The van der Waals surface area contributed by atoms with Crippen molar-refractivity contribution in [2.24, 2.45) is 0 Å². The summed E-state index contributed by atoms with van der Waals surface area (Å²) in [5.41, 5.74) is 4.69. The standard InChI is InChI=1S/C21H21FO4S/c1-14-10-15(3-9-21(23)24)2-8-20(14)26-11-17-12-27(25)13-19(17)16-4-6-18(22)7-5-16/h2,4-8,10H,3,9,11-13H2,1H3,(H,23,24). The van der Waals surface area contributed by atoms with E-state index in [4.69, 9.17) is 9.84 Å². The number of hydrogen-bond donors (Lipinski definition) is 1. The fourth-order valence-electron chi connectivity index (χ4n) is 3.11. The quantitative estimate of drug-likeness (QED) is 0.734. The maximum atomic E-state index is 13.2. The summed E-state index contributed by atoms with van der Waals surface area (Å²) in [5.74, 6) is 0.523. The van der Waals surface area contributed by atoms with Gasteiger partial charge >= 0.3 is 5.97 Å². The molecule has 4 nitrogen and oxygen atoms in total. The maximum Gasteiger partial charge on any atom is 0.303 e. The Morgan fingerprint density at radius 3 is 2.63 bits per heavy atom. The minimum absolute atomic E-state index is 0.0966. The first-order valence-electron chi connectivity index (χ1n) is 8.68. The number of rotatable bonds is 7. The zero-order chi connectivity index (χ0) is 19.4. The second-order valence-electron chi connectivity index (χ2n) is 6.60. The molecule has 0 spiro atoms. The third-order valence-corrected chi connectivity index (χ3v) is 5.81.